The van der Waals surface area contributed by atoms with E-state index in [9.17, 15) is 4.39 Å². The summed E-state index contributed by atoms with van der Waals surface area (Å²) in [5, 5.41) is 3.75. The van der Waals surface area contributed by atoms with Gasteiger partial charge < -0.3 is 10.1 Å². The van der Waals surface area contributed by atoms with Crippen LogP contribution in [0.3, 0.4) is 0 Å². The first-order valence-electron chi connectivity index (χ1n) is 5.86. The first-order chi connectivity index (χ1) is 8.17. The lowest BCUT2D eigenvalue weighted by Gasteiger charge is -2.17. The fraction of sp³-hybridized carbons (Fsp3) is 0.538. The van der Waals surface area contributed by atoms with Crippen molar-refractivity contribution in [2.45, 2.75) is 25.8 Å². The first-order valence-corrected chi connectivity index (χ1v) is 6.24. The first kappa shape index (κ1) is 14.4. The average molecular weight is 260 g/mol. The van der Waals surface area contributed by atoms with E-state index in [2.05, 4.69) is 12.2 Å². The maximum Gasteiger partial charge on any atom is 0.123 e. The van der Waals surface area contributed by atoms with Crippen molar-refractivity contribution in [1.29, 1.82) is 0 Å². The summed E-state index contributed by atoms with van der Waals surface area (Å²) in [7, 11) is 1.87. The molecule has 0 bridgehead atoms. The maximum atomic E-state index is 13.1. The third-order valence-corrected chi connectivity index (χ3v) is 2.92. The predicted octanol–water partition coefficient (Wildman–Crippen LogP) is 3.04. The normalized spacial score (nSPS) is 12.7. The Kier molecular flexibility index (Phi) is 6.48. The van der Waals surface area contributed by atoms with Crippen LogP contribution in [0.1, 0.15) is 18.9 Å². The second-order valence-electron chi connectivity index (χ2n) is 4.00. The van der Waals surface area contributed by atoms with E-state index in [4.69, 9.17) is 16.3 Å². The minimum Gasteiger partial charge on any atom is -0.380 e. The molecule has 0 aliphatic carbocycles. The smallest absolute Gasteiger partial charge is 0.123 e. The van der Waals surface area contributed by atoms with Gasteiger partial charge >= 0.3 is 0 Å². The molecular formula is C13H19ClFNO. The van der Waals surface area contributed by atoms with Crippen LogP contribution in [0, 0.1) is 5.82 Å². The van der Waals surface area contributed by atoms with Crippen molar-refractivity contribution in [3.05, 3.63) is 34.6 Å². The SMILES string of the molecule is CCCOCC(Cc1cc(F)ccc1Cl)NC. The summed E-state index contributed by atoms with van der Waals surface area (Å²) >= 11 is 6.02. The second-order valence-corrected chi connectivity index (χ2v) is 4.41. The van der Waals surface area contributed by atoms with Crippen molar-refractivity contribution in [2.75, 3.05) is 20.3 Å². The van der Waals surface area contributed by atoms with Gasteiger partial charge in [0, 0.05) is 17.7 Å². The summed E-state index contributed by atoms with van der Waals surface area (Å²) in [4.78, 5) is 0. The van der Waals surface area contributed by atoms with Crippen molar-refractivity contribution >= 4 is 11.6 Å². The van der Waals surface area contributed by atoms with Gasteiger partial charge in [0.05, 0.1) is 6.61 Å². The molecule has 0 radical (unpaired) electrons. The number of benzene rings is 1. The molecule has 0 amide bonds. The lowest BCUT2D eigenvalue weighted by Crippen LogP contribution is -2.32. The third-order valence-electron chi connectivity index (χ3n) is 2.55. The van der Waals surface area contributed by atoms with Gasteiger partial charge in [-0.3, -0.25) is 0 Å². The van der Waals surface area contributed by atoms with E-state index in [-0.39, 0.29) is 11.9 Å². The number of hydrogen-bond acceptors (Lipinski definition) is 2. The molecule has 1 unspecified atom stereocenters. The number of nitrogens with one attached hydrogen (secondary N) is 1. The van der Waals surface area contributed by atoms with E-state index in [1.54, 1.807) is 6.07 Å². The molecule has 0 aliphatic heterocycles. The fourth-order valence-corrected chi connectivity index (χ4v) is 1.77. The minimum atomic E-state index is -0.256. The van der Waals surface area contributed by atoms with Crippen LogP contribution in [0.25, 0.3) is 0 Å². The Hall–Kier alpha value is -0.640. The summed E-state index contributed by atoms with van der Waals surface area (Å²) in [5.74, 6) is -0.256. The quantitative estimate of drug-likeness (QED) is 0.760. The average Bonchev–Trinajstić information content (AvgIpc) is 2.32. The summed E-state index contributed by atoms with van der Waals surface area (Å²) < 4.78 is 18.6. The van der Waals surface area contributed by atoms with E-state index in [0.29, 0.717) is 18.1 Å². The van der Waals surface area contributed by atoms with Crippen LogP contribution < -0.4 is 5.32 Å². The third kappa shape index (κ3) is 5.02. The highest BCUT2D eigenvalue weighted by molar-refractivity contribution is 6.31. The number of halogens is 2. The summed E-state index contributed by atoms with van der Waals surface area (Å²) in [6.07, 6.45) is 1.66. The monoisotopic (exact) mass is 259 g/mol. The molecule has 0 spiro atoms. The minimum absolute atomic E-state index is 0.154. The summed E-state index contributed by atoms with van der Waals surface area (Å²) in [6, 6.07) is 4.59. The molecule has 17 heavy (non-hydrogen) atoms. The number of ether oxygens (including phenoxy) is 1. The van der Waals surface area contributed by atoms with Crippen LogP contribution in [0.15, 0.2) is 18.2 Å². The van der Waals surface area contributed by atoms with E-state index in [1.807, 2.05) is 7.05 Å². The zero-order valence-electron chi connectivity index (χ0n) is 10.3. The fourth-order valence-electron chi connectivity index (χ4n) is 1.58. The van der Waals surface area contributed by atoms with E-state index in [0.717, 1.165) is 18.6 Å². The zero-order valence-corrected chi connectivity index (χ0v) is 11.1. The molecule has 1 N–H and O–H groups in total. The molecule has 0 saturated heterocycles. The molecule has 2 nitrogen and oxygen atoms in total. The van der Waals surface area contributed by atoms with Crippen LogP contribution in [-0.4, -0.2) is 26.3 Å². The summed E-state index contributed by atoms with van der Waals surface area (Å²) in [6.45, 7) is 3.42. The number of likely N-dealkylation sites (N-methyl/N-ethyl adjacent to an activating group) is 1. The van der Waals surface area contributed by atoms with Crippen molar-refractivity contribution in [3.8, 4) is 0 Å². The lowest BCUT2D eigenvalue weighted by atomic mass is 10.1. The predicted molar refractivity (Wildman–Crippen MR) is 69.1 cm³/mol. The Morgan fingerprint density at radius 1 is 1.47 bits per heavy atom. The molecule has 1 atom stereocenters. The molecule has 4 heteroatoms. The van der Waals surface area contributed by atoms with Crippen LogP contribution in [0.5, 0.6) is 0 Å². The van der Waals surface area contributed by atoms with Gasteiger partial charge in [-0.05, 0) is 43.7 Å². The van der Waals surface area contributed by atoms with Crippen molar-refractivity contribution < 1.29 is 9.13 Å². The zero-order chi connectivity index (χ0) is 12.7. The van der Waals surface area contributed by atoms with Crippen LogP contribution >= 0.6 is 11.6 Å². The van der Waals surface area contributed by atoms with Gasteiger partial charge in [-0.1, -0.05) is 18.5 Å². The molecule has 96 valence electrons. The van der Waals surface area contributed by atoms with E-state index >= 15 is 0 Å². The molecular weight excluding hydrogens is 241 g/mol. The summed E-state index contributed by atoms with van der Waals surface area (Å²) in [5.41, 5.74) is 0.811. The Bertz CT molecular complexity index is 346. The van der Waals surface area contributed by atoms with Crippen molar-refractivity contribution in [3.63, 3.8) is 0 Å². The highest BCUT2D eigenvalue weighted by Crippen LogP contribution is 2.18. The second kappa shape index (κ2) is 7.64. The van der Waals surface area contributed by atoms with Gasteiger partial charge in [-0.2, -0.15) is 0 Å². The van der Waals surface area contributed by atoms with Crippen LogP contribution in [0.4, 0.5) is 4.39 Å². The topological polar surface area (TPSA) is 21.3 Å². The lowest BCUT2D eigenvalue weighted by molar-refractivity contribution is 0.114. The van der Waals surface area contributed by atoms with Gasteiger partial charge in [-0.25, -0.2) is 4.39 Å². The standard InChI is InChI=1S/C13H19ClFNO/c1-3-6-17-9-12(16-2)8-10-7-11(15)4-5-13(10)14/h4-5,7,12,16H,3,6,8-9H2,1-2H3. The Morgan fingerprint density at radius 2 is 2.24 bits per heavy atom. The van der Waals surface area contributed by atoms with Crippen LogP contribution in [-0.2, 0) is 11.2 Å². The Balaban J connectivity index is 2.57. The highest BCUT2D eigenvalue weighted by Gasteiger charge is 2.10. The van der Waals surface area contributed by atoms with Crippen molar-refractivity contribution in [2.24, 2.45) is 0 Å². The van der Waals surface area contributed by atoms with Gasteiger partial charge in [0.2, 0.25) is 0 Å². The Morgan fingerprint density at radius 3 is 2.88 bits per heavy atom. The van der Waals surface area contributed by atoms with Gasteiger partial charge in [0.1, 0.15) is 5.82 Å². The molecule has 1 aromatic carbocycles. The van der Waals surface area contributed by atoms with Crippen LogP contribution in [0.2, 0.25) is 5.02 Å². The molecule has 0 aliphatic rings. The Labute approximate surface area is 107 Å². The largest absolute Gasteiger partial charge is 0.380 e. The van der Waals surface area contributed by atoms with E-state index < -0.39 is 0 Å². The van der Waals surface area contributed by atoms with Gasteiger partial charge in [0.25, 0.3) is 0 Å². The highest BCUT2D eigenvalue weighted by atomic mass is 35.5. The molecule has 0 aromatic heterocycles. The van der Waals surface area contributed by atoms with Crippen molar-refractivity contribution in [1.82, 2.24) is 5.32 Å². The van der Waals surface area contributed by atoms with Gasteiger partial charge in [0.15, 0.2) is 0 Å². The molecule has 0 heterocycles. The van der Waals surface area contributed by atoms with Gasteiger partial charge in [-0.15, -0.1) is 0 Å². The molecule has 0 fully saturated rings. The number of rotatable bonds is 7. The molecule has 1 aromatic rings. The molecule has 0 saturated carbocycles. The van der Waals surface area contributed by atoms with E-state index in [1.165, 1.54) is 12.1 Å². The molecule has 1 rings (SSSR count). The maximum absolute atomic E-state index is 13.1. The number of hydrogen-bond donors (Lipinski definition) is 1.